The molecule has 2 N–H and O–H groups in total. The van der Waals surface area contributed by atoms with Gasteiger partial charge in [0.25, 0.3) is 0 Å². The average Bonchev–Trinajstić information content (AvgIpc) is 2.43. The Labute approximate surface area is 96.6 Å². The van der Waals surface area contributed by atoms with Crippen LogP contribution >= 0.6 is 12.6 Å². The first-order valence-electron chi connectivity index (χ1n) is 4.72. The molecule has 0 aliphatic carbocycles. The number of anilines is 2. The van der Waals surface area contributed by atoms with Crippen molar-refractivity contribution in [2.75, 3.05) is 17.2 Å². The lowest BCUT2D eigenvalue weighted by Gasteiger charge is -2.18. The Bertz CT molecular complexity index is 429. The molecule has 6 heteroatoms. The number of benzene rings is 1. The van der Waals surface area contributed by atoms with Crippen LogP contribution in [0.2, 0.25) is 0 Å². The molecule has 1 aliphatic heterocycles. The number of rotatable bonds is 1. The molecule has 1 fully saturated rings. The Morgan fingerprint density at radius 2 is 2.12 bits per heavy atom. The zero-order chi connectivity index (χ0) is 11.9. The summed E-state index contributed by atoms with van der Waals surface area (Å²) in [5.41, 5.74) is 5.38. The molecule has 1 aromatic rings. The predicted octanol–water partition coefficient (Wildman–Crippen LogP) is 1.58. The highest BCUT2D eigenvalue weighted by Gasteiger charge is 2.31. The lowest BCUT2D eigenvalue weighted by atomic mass is 10.2. The van der Waals surface area contributed by atoms with E-state index in [2.05, 4.69) is 12.6 Å². The minimum Gasteiger partial charge on any atom is -0.397 e. The first kappa shape index (κ1) is 11.2. The Morgan fingerprint density at radius 1 is 1.44 bits per heavy atom. The molecule has 1 heterocycles. The number of carbonyl (C=O) groups excluding carboxylic acids is 1. The molecule has 16 heavy (non-hydrogen) atoms. The Morgan fingerprint density at radius 3 is 2.62 bits per heavy atom. The van der Waals surface area contributed by atoms with Crippen LogP contribution in [0, 0.1) is 11.6 Å². The standard InChI is InChI=1S/C10H10F2N2OS/c11-5-1-7(12)10(8(13)2-5)14-4-6(16)3-9(14)15/h1-2,6,16H,3-4,13H2. The van der Waals surface area contributed by atoms with Gasteiger partial charge in [0, 0.05) is 24.3 Å². The highest BCUT2D eigenvalue weighted by Crippen LogP contribution is 2.32. The van der Waals surface area contributed by atoms with Crippen LogP contribution < -0.4 is 10.6 Å². The fourth-order valence-corrected chi connectivity index (χ4v) is 2.10. The van der Waals surface area contributed by atoms with Gasteiger partial charge in [-0.05, 0) is 6.07 Å². The SMILES string of the molecule is Nc1cc(F)cc(F)c1N1CC(S)CC1=O. The number of nitrogen functional groups attached to an aromatic ring is 1. The van der Waals surface area contributed by atoms with Crippen molar-refractivity contribution in [2.45, 2.75) is 11.7 Å². The summed E-state index contributed by atoms with van der Waals surface area (Å²) in [5, 5.41) is -0.142. The molecular formula is C10H10F2N2OS. The summed E-state index contributed by atoms with van der Waals surface area (Å²) in [6, 6.07) is 1.71. The van der Waals surface area contributed by atoms with Gasteiger partial charge >= 0.3 is 0 Å². The second-order valence-corrected chi connectivity index (χ2v) is 4.42. The Kier molecular flexibility index (Phi) is 2.75. The van der Waals surface area contributed by atoms with E-state index in [1.54, 1.807) is 0 Å². The molecule has 0 aromatic heterocycles. The number of nitrogens with zero attached hydrogens (tertiary/aromatic N) is 1. The predicted molar refractivity (Wildman–Crippen MR) is 60.5 cm³/mol. The molecule has 0 saturated carbocycles. The fourth-order valence-electron chi connectivity index (χ4n) is 1.78. The molecule has 1 aliphatic rings. The third-order valence-corrected chi connectivity index (χ3v) is 2.78. The number of carbonyl (C=O) groups is 1. The van der Waals surface area contributed by atoms with Gasteiger partial charge in [0.2, 0.25) is 5.91 Å². The molecule has 1 saturated heterocycles. The largest absolute Gasteiger partial charge is 0.397 e. The van der Waals surface area contributed by atoms with Gasteiger partial charge in [-0.2, -0.15) is 12.6 Å². The zero-order valence-corrected chi connectivity index (χ0v) is 9.18. The average molecular weight is 244 g/mol. The van der Waals surface area contributed by atoms with Crippen LogP contribution in [-0.2, 0) is 4.79 Å². The van der Waals surface area contributed by atoms with E-state index in [1.165, 1.54) is 4.90 Å². The van der Waals surface area contributed by atoms with Crippen LogP contribution in [0.4, 0.5) is 20.2 Å². The zero-order valence-electron chi connectivity index (χ0n) is 8.28. The second-order valence-electron chi connectivity index (χ2n) is 3.69. The summed E-state index contributed by atoms with van der Waals surface area (Å²) in [6.07, 6.45) is 0.235. The summed E-state index contributed by atoms with van der Waals surface area (Å²) in [7, 11) is 0. The van der Waals surface area contributed by atoms with Crippen LogP contribution in [0.25, 0.3) is 0 Å². The molecule has 0 spiro atoms. The van der Waals surface area contributed by atoms with E-state index in [-0.39, 0.29) is 35.5 Å². The lowest BCUT2D eigenvalue weighted by molar-refractivity contribution is -0.117. The quantitative estimate of drug-likeness (QED) is 0.582. The summed E-state index contributed by atoms with van der Waals surface area (Å²) in [6.45, 7) is 0.286. The van der Waals surface area contributed by atoms with Gasteiger partial charge in [-0.25, -0.2) is 8.78 Å². The molecule has 3 nitrogen and oxygen atoms in total. The van der Waals surface area contributed by atoms with Crippen LogP contribution in [0.5, 0.6) is 0 Å². The summed E-state index contributed by atoms with van der Waals surface area (Å²) < 4.78 is 26.4. The second kappa shape index (κ2) is 3.93. The van der Waals surface area contributed by atoms with Crippen LogP contribution in [0.1, 0.15) is 6.42 Å². The summed E-state index contributed by atoms with van der Waals surface area (Å²) >= 11 is 4.15. The number of nitrogens with two attached hydrogens (primary N) is 1. The molecule has 0 radical (unpaired) electrons. The maximum Gasteiger partial charge on any atom is 0.228 e. The normalized spacial score (nSPS) is 20.6. The fraction of sp³-hybridized carbons (Fsp3) is 0.300. The lowest BCUT2D eigenvalue weighted by Crippen LogP contribution is -2.26. The van der Waals surface area contributed by atoms with Crippen molar-refractivity contribution in [3.63, 3.8) is 0 Å². The van der Waals surface area contributed by atoms with Crippen LogP contribution in [0.3, 0.4) is 0 Å². The smallest absolute Gasteiger partial charge is 0.228 e. The van der Waals surface area contributed by atoms with Crippen molar-refractivity contribution in [1.82, 2.24) is 0 Å². The minimum absolute atomic E-state index is 0.0528. The van der Waals surface area contributed by atoms with Crippen molar-refractivity contribution in [1.29, 1.82) is 0 Å². The van der Waals surface area contributed by atoms with Gasteiger partial charge < -0.3 is 10.6 Å². The number of amides is 1. The van der Waals surface area contributed by atoms with E-state index in [0.29, 0.717) is 6.07 Å². The van der Waals surface area contributed by atoms with E-state index in [1.807, 2.05) is 0 Å². The van der Waals surface area contributed by atoms with Crippen molar-refractivity contribution in [2.24, 2.45) is 0 Å². The highest BCUT2D eigenvalue weighted by atomic mass is 32.1. The third-order valence-electron chi connectivity index (χ3n) is 2.43. The maximum absolute atomic E-state index is 13.5. The van der Waals surface area contributed by atoms with Crippen molar-refractivity contribution in [3.8, 4) is 0 Å². The number of thiol groups is 1. The molecule has 2 rings (SSSR count). The topological polar surface area (TPSA) is 46.3 Å². The van der Waals surface area contributed by atoms with Gasteiger partial charge in [0.15, 0.2) is 5.82 Å². The Balaban J connectivity index is 2.44. The number of hydrogen-bond donors (Lipinski definition) is 2. The molecule has 1 unspecified atom stereocenters. The van der Waals surface area contributed by atoms with E-state index in [9.17, 15) is 13.6 Å². The van der Waals surface area contributed by atoms with Crippen LogP contribution in [0.15, 0.2) is 12.1 Å². The van der Waals surface area contributed by atoms with E-state index < -0.39 is 11.6 Å². The molecule has 1 amide bonds. The van der Waals surface area contributed by atoms with Gasteiger partial charge in [-0.1, -0.05) is 0 Å². The van der Waals surface area contributed by atoms with Crippen molar-refractivity contribution >= 4 is 29.9 Å². The Hall–Kier alpha value is -1.30. The van der Waals surface area contributed by atoms with E-state index in [4.69, 9.17) is 5.73 Å². The molecule has 86 valence electrons. The van der Waals surface area contributed by atoms with E-state index >= 15 is 0 Å². The van der Waals surface area contributed by atoms with Gasteiger partial charge in [-0.3, -0.25) is 4.79 Å². The minimum atomic E-state index is -0.826. The van der Waals surface area contributed by atoms with Crippen molar-refractivity contribution in [3.05, 3.63) is 23.8 Å². The molecule has 1 aromatic carbocycles. The molecule has 0 bridgehead atoms. The highest BCUT2D eigenvalue weighted by molar-refractivity contribution is 7.81. The van der Waals surface area contributed by atoms with Crippen molar-refractivity contribution < 1.29 is 13.6 Å². The monoisotopic (exact) mass is 244 g/mol. The van der Waals surface area contributed by atoms with Crippen LogP contribution in [-0.4, -0.2) is 17.7 Å². The number of hydrogen-bond acceptors (Lipinski definition) is 3. The maximum atomic E-state index is 13.5. The van der Waals surface area contributed by atoms with E-state index in [0.717, 1.165) is 6.07 Å². The molecular weight excluding hydrogens is 234 g/mol. The first-order valence-corrected chi connectivity index (χ1v) is 5.23. The third kappa shape index (κ3) is 1.84. The summed E-state index contributed by atoms with van der Waals surface area (Å²) in [5.74, 6) is -1.83. The van der Waals surface area contributed by atoms with Gasteiger partial charge in [0.05, 0.1) is 5.69 Å². The molecule has 1 atom stereocenters. The number of halogens is 2. The van der Waals surface area contributed by atoms with Gasteiger partial charge in [0.1, 0.15) is 11.5 Å². The van der Waals surface area contributed by atoms with Gasteiger partial charge in [-0.15, -0.1) is 0 Å². The summed E-state index contributed by atoms with van der Waals surface area (Å²) in [4.78, 5) is 12.7. The first-order chi connectivity index (χ1) is 7.49.